The summed E-state index contributed by atoms with van der Waals surface area (Å²) in [6, 6.07) is 5.18. The molecule has 0 unspecified atom stereocenters. The summed E-state index contributed by atoms with van der Waals surface area (Å²) in [4.78, 5) is 15.4. The third-order valence-corrected chi connectivity index (χ3v) is 1.92. The van der Waals surface area contributed by atoms with E-state index in [1.165, 1.54) is 6.20 Å². The SMILES string of the molecule is N#Cc1ccc(-c2nc(N)nc(Cl)n2)nc1. The molecule has 0 aromatic carbocycles. The van der Waals surface area contributed by atoms with Gasteiger partial charge in [0.15, 0.2) is 5.82 Å². The number of halogens is 1. The third-order valence-electron chi connectivity index (χ3n) is 1.75. The topological polar surface area (TPSA) is 101 Å². The molecule has 0 amide bonds. The van der Waals surface area contributed by atoms with E-state index in [2.05, 4.69) is 19.9 Å². The lowest BCUT2D eigenvalue weighted by Gasteiger charge is -2.00. The number of aromatic nitrogens is 4. The Morgan fingerprint density at radius 2 is 2.06 bits per heavy atom. The van der Waals surface area contributed by atoms with Gasteiger partial charge in [-0.1, -0.05) is 0 Å². The zero-order valence-corrected chi connectivity index (χ0v) is 8.68. The van der Waals surface area contributed by atoms with Crippen molar-refractivity contribution in [2.45, 2.75) is 0 Å². The number of rotatable bonds is 1. The smallest absolute Gasteiger partial charge is 0.227 e. The first-order valence-electron chi connectivity index (χ1n) is 4.22. The largest absolute Gasteiger partial charge is 0.368 e. The van der Waals surface area contributed by atoms with Gasteiger partial charge in [-0.15, -0.1) is 0 Å². The number of anilines is 1. The van der Waals surface area contributed by atoms with Gasteiger partial charge in [0.2, 0.25) is 11.2 Å². The number of nitriles is 1. The highest BCUT2D eigenvalue weighted by molar-refractivity contribution is 6.28. The second kappa shape index (κ2) is 4.08. The number of nitrogens with zero attached hydrogens (tertiary/aromatic N) is 5. The van der Waals surface area contributed by atoms with Crippen molar-refractivity contribution in [3.05, 3.63) is 29.2 Å². The summed E-state index contributed by atoms with van der Waals surface area (Å²) in [5.41, 5.74) is 6.36. The summed E-state index contributed by atoms with van der Waals surface area (Å²) in [6.07, 6.45) is 1.42. The molecule has 0 spiro atoms. The Morgan fingerprint density at radius 1 is 1.25 bits per heavy atom. The fraction of sp³-hybridized carbons (Fsp3) is 0. The van der Waals surface area contributed by atoms with E-state index in [9.17, 15) is 0 Å². The van der Waals surface area contributed by atoms with Gasteiger partial charge in [-0.3, -0.25) is 4.98 Å². The van der Waals surface area contributed by atoms with Crippen LogP contribution in [0.2, 0.25) is 5.28 Å². The van der Waals surface area contributed by atoms with Crippen molar-refractivity contribution in [1.82, 2.24) is 19.9 Å². The van der Waals surface area contributed by atoms with Crippen LogP contribution in [-0.2, 0) is 0 Å². The lowest BCUT2D eigenvalue weighted by molar-refractivity contribution is 1.06. The third kappa shape index (κ3) is 2.04. The minimum atomic E-state index is 0.00802. The Balaban J connectivity index is 2.47. The Morgan fingerprint density at radius 3 is 2.62 bits per heavy atom. The maximum absolute atomic E-state index is 8.61. The van der Waals surface area contributed by atoms with E-state index in [1.807, 2.05) is 6.07 Å². The molecule has 2 aromatic heterocycles. The normalized spacial score (nSPS) is 9.75. The quantitative estimate of drug-likeness (QED) is 0.788. The number of hydrogen-bond donors (Lipinski definition) is 1. The van der Waals surface area contributed by atoms with Gasteiger partial charge in [0.05, 0.1) is 5.56 Å². The van der Waals surface area contributed by atoms with E-state index >= 15 is 0 Å². The van der Waals surface area contributed by atoms with Gasteiger partial charge < -0.3 is 5.73 Å². The highest BCUT2D eigenvalue weighted by atomic mass is 35.5. The van der Waals surface area contributed by atoms with Crippen molar-refractivity contribution in [3.8, 4) is 17.6 Å². The standard InChI is InChI=1S/C9H5ClN6/c10-8-14-7(15-9(12)16-8)6-2-1-5(3-11)4-13-6/h1-2,4H,(H2,12,14,15,16). The second-order valence-electron chi connectivity index (χ2n) is 2.83. The molecule has 0 saturated heterocycles. The number of pyridine rings is 1. The summed E-state index contributed by atoms with van der Waals surface area (Å²) in [6.45, 7) is 0. The minimum absolute atomic E-state index is 0.00802. The zero-order chi connectivity index (χ0) is 11.5. The lowest BCUT2D eigenvalue weighted by atomic mass is 10.2. The Bertz CT molecular complexity index is 539. The molecule has 2 heterocycles. The molecule has 7 heteroatoms. The van der Waals surface area contributed by atoms with E-state index in [4.69, 9.17) is 22.6 Å². The van der Waals surface area contributed by atoms with Crippen molar-refractivity contribution < 1.29 is 0 Å². The molecule has 0 aliphatic rings. The highest BCUT2D eigenvalue weighted by Crippen LogP contribution is 2.14. The number of nitrogen functional groups attached to an aromatic ring is 1. The zero-order valence-electron chi connectivity index (χ0n) is 7.92. The molecular formula is C9H5ClN6. The Hall–Kier alpha value is -2.26. The molecule has 0 radical (unpaired) electrons. The lowest BCUT2D eigenvalue weighted by Crippen LogP contribution is -2.00. The van der Waals surface area contributed by atoms with E-state index in [1.54, 1.807) is 12.1 Å². The maximum Gasteiger partial charge on any atom is 0.227 e. The predicted molar refractivity (Wildman–Crippen MR) is 57.2 cm³/mol. The molecule has 0 aliphatic carbocycles. The average molecular weight is 233 g/mol. The average Bonchev–Trinajstić information content (AvgIpc) is 2.28. The molecule has 16 heavy (non-hydrogen) atoms. The minimum Gasteiger partial charge on any atom is -0.368 e. The van der Waals surface area contributed by atoms with Gasteiger partial charge in [0.25, 0.3) is 0 Å². The van der Waals surface area contributed by atoms with Crippen LogP contribution in [0, 0.1) is 11.3 Å². The van der Waals surface area contributed by atoms with Crippen LogP contribution in [0.3, 0.4) is 0 Å². The van der Waals surface area contributed by atoms with Gasteiger partial charge in [-0.25, -0.2) is 0 Å². The maximum atomic E-state index is 8.61. The molecule has 78 valence electrons. The summed E-state index contributed by atoms with van der Waals surface area (Å²) < 4.78 is 0. The van der Waals surface area contributed by atoms with Crippen molar-refractivity contribution in [2.24, 2.45) is 0 Å². The first-order valence-corrected chi connectivity index (χ1v) is 4.60. The fourth-order valence-electron chi connectivity index (χ4n) is 1.07. The van der Waals surface area contributed by atoms with E-state index in [-0.39, 0.29) is 17.1 Å². The predicted octanol–water partition coefficient (Wildman–Crippen LogP) is 1.04. The monoisotopic (exact) mass is 232 g/mol. The molecule has 0 aliphatic heterocycles. The molecular weight excluding hydrogens is 228 g/mol. The van der Waals surface area contributed by atoms with Crippen LogP contribution < -0.4 is 5.73 Å². The van der Waals surface area contributed by atoms with Crippen molar-refractivity contribution in [3.63, 3.8) is 0 Å². The van der Waals surface area contributed by atoms with Crippen LogP contribution in [0.1, 0.15) is 5.56 Å². The van der Waals surface area contributed by atoms with Gasteiger partial charge in [0.1, 0.15) is 11.8 Å². The van der Waals surface area contributed by atoms with Crippen molar-refractivity contribution >= 4 is 17.5 Å². The summed E-state index contributed by atoms with van der Waals surface area (Å²) in [5, 5.41) is 8.62. The van der Waals surface area contributed by atoms with Crippen LogP contribution >= 0.6 is 11.6 Å². The first-order chi connectivity index (χ1) is 7.69. The van der Waals surface area contributed by atoms with Crippen LogP contribution in [0.5, 0.6) is 0 Å². The summed E-state index contributed by atoms with van der Waals surface area (Å²) >= 11 is 5.64. The van der Waals surface area contributed by atoms with Gasteiger partial charge in [-0.05, 0) is 23.7 Å². The molecule has 6 nitrogen and oxygen atoms in total. The van der Waals surface area contributed by atoms with Crippen molar-refractivity contribution in [1.29, 1.82) is 5.26 Å². The van der Waals surface area contributed by atoms with Crippen LogP contribution in [0.15, 0.2) is 18.3 Å². The summed E-state index contributed by atoms with van der Waals surface area (Å²) in [7, 11) is 0. The molecule has 0 fully saturated rings. The van der Waals surface area contributed by atoms with Crippen LogP contribution in [0.25, 0.3) is 11.5 Å². The van der Waals surface area contributed by atoms with Gasteiger partial charge >= 0.3 is 0 Å². The first kappa shape index (κ1) is 10.3. The van der Waals surface area contributed by atoms with Crippen molar-refractivity contribution in [2.75, 3.05) is 5.73 Å². The second-order valence-corrected chi connectivity index (χ2v) is 3.17. The Labute approximate surface area is 95.8 Å². The molecule has 2 aromatic rings. The van der Waals surface area contributed by atoms with Gasteiger partial charge in [-0.2, -0.15) is 20.2 Å². The van der Waals surface area contributed by atoms with E-state index in [0.29, 0.717) is 11.3 Å². The number of hydrogen-bond acceptors (Lipinski definition) is 6. The Kier molecular flexibility index (Phi) is 2.62. The molecule has 2 rings (SSSR count). The number of nitrogens with two attached hydrogens (primary N) is 1. The fourth-order valence-corrected chi connectivity index (χ4v) is 1.24. The molecule has 2 N–H and O–H groups in total. The van der Waals surface area contributed by atoms with Crippen LogP contribution in [0.4, 0.5) is 5.95 Å². The van der Waals surface area contributed by atoms with E-state index < -0.39 is 0 Å². The summed E-state index contributed by atoms with van der Waals surface area (Å²) in [5.74, 6) is 0.308. The molecule has 0 bridgehead atoms. The van der Waals surface area contributed by atoms with Gasteiger partial charge in [0, 0.05) is 6.20 Å². The molecule has 0 atom stereocenters. The van der Waals surface area contributed by atoms with E-state index in [0.717, 1.165) is 0 Å². The van der Waals surface area contributed by atoms with Crippen LogP contribution in [-0.4, -0.2) is 19.9 Å². The molecule has 0 saturated carbocycles. The highest BCUT2D eigenvalue weighted by Gasteiger charge is 2.06.